The molecule has 6 heteroatoms. The van der Waals surface area contributed by atoms with Crippen molar-refractivity contribution in [1.29, 1.82) is 0 Å². The number of aliphatic hydroxyl groups is 1. The highest BCUT2D eigenvalue weighted by atomic mass is 32.2. The van der Waals surface area contributed by atoms with E-state index in [9.17, 15) is 8.42 Å². The molecule has 98 valence electrons. The smallest absolute Gasteiger partial charge is 0.282 e. The highest BCUT2D eigenvalue weighted by Gasteiger charge is 2.29. The van der Waals surface area contributed by atoms with Gasteiger partial charge >= 0.3 is 0 Å². The van der Waals surface area contributed by atoms with E-state index in [4.69, 9.17) is 5.11 Å². The SMILES string of the molecule is CC(C)N(C)S(=O)(=O)N(CCCO)C(C)C. The van der Waals surface area contributed by atoms with Gasteiger partial charge in [0.25, 0.3) is 10.2 Å². The number of aliphatic hydroxyl groups excluding tert-OH is 1. The Morgan fingerprint density at radius 1 is 1.12 bits per heavy atom. The van der Waals surface area contributed by atoms with Crippen LogP contribution in [0.25, 0.3) is 0 Å². The fraction of sp³-hybridized carbons (Fsp3) is 1.00. The van der Waals surface area contributed by atoms with Crippen LogP contribution in [-0.2, 0) is 10.2 Å². The van der Waals surface area contributed by atoms with Crippen LogP contribution in [0.3, 0.4) is 0 Å². The summed E-state index contributed by atoms with van der Waals surface area (Å²) in [7, 11) is -1.84. The lowest BCUT2D eigenvalue weighted by atomic mass is 10.3. The largest absolute Gasteiger partial charge is 0.396 e. The normalized spacial score (nSPS) is 13.4. The molecule has 0 atom stereocenters. The molecular weight excluding hydrogens is 228 g/mol. The number of rotatable bonds is 7. The lowest BCUT2D eigenvalue weighted by Crippen LogP contribution is -2.48. The quantitative estimate of drug-likeness (QED) is 0.724. The van der Waals surface area contributed by atoms with Gasteiger partial charge in [-0.15, -0.1) is 0 Å². The zero-order valence-electron chi connectivity index (χ0n) is 10.8. The number of hydrogen-bond acceptors (Lipinski definition) is 3. The molecule has 1 N–H and O–H groups in total. The van der Waals surface area contributed by atoms with E-state index in [1.807, 2.05) is 27.7 Å². The maximum Gasteiger partial charge on any atom is 0.282 e. The van der Waals surface area contributed by atoms with Crippen molar-refractivity contribution in [3.63, 3.8) is 0 Å². The van der Waals surface area contributed by atoms with Crippen LogP contribution in [-0.4, -0.2) is 54.4 Å². The van der Waals surface area contributed by atoms with Crippen molar-refractivity contribution in [3.05, 3.63) is 0 Å². The first kappa shape index (κ1) is 15.8. The van der Waals surface area contributed by atoms with E-state index >= 15 is 0 Å². The lowest BCUT2D eigenvalue weighted by Gasteiger charge is -2.32. The monoisotopic (exact) mass is 252 g/mol. The Kier molecular flexibility index (Phi) is 6.47. The minimum Gasteiger partial charge on any atom is -0.396 e. The van der Waals surface area contributed by atoms with Gasteiger partial charge in [-0.25, -0.2) is 0 Å². The van der Waals surface area contributed by atoms with Crippen LogP contribution < -0.4 is 0 Å². The van der Waals surface area contributed by atoms with Gasteiger partial charge in [-0.2, -0.15) is 17.0 Å². The second-order valence-corrected chi connectivity index (χ2v) is 6.34. The van der Waals surface area contributed by atoms with E-state index in [0.29, 0.717) is 13.0 Å². The molecule has 0 unspecified atom stereocenters. The molecule has 0 heterocycles. The zero-order chi connectivity index (χ0) is 12.9. The van der Waals surface area contributed by atoms with Crippen LogP contribution in [0, 0.1) is 0 Å². The van der Waals surface area contributed by atoms with Crippen molar-refractivity contribution in [2.75, 3.05) is 20.2 Å². The molecule has 0 saturated carbocycles. The maximum atomic E-state index is 12.2. The molecular formula is C10H24N2O3S. The third-order valence-corrected chi connectivity index (χ3v) is 4.85. The molecule has 0 bridgehead atoms. The predicted octanol–water partition coefficient (Wildman–Crippen LogP) is 0.664. The third-order valence-electron chi connectivity index (χ3n) is 2.50. The average molecular weight is 252 g/mol. The second-order valence-electron chi connectivity index (χ2n) is 4.40. The van der Waals surface area contributed by atoms with Gasteiger partial charge in [0.05, 0.1) is 0 Å². The van der Waals surface area contributed by atoms with Gasteiger partial charge in [0, 0.05) is 32.3 Å². The summed E-state index contributed by atoms with van der Waals surface area (Å²) in [4.78, 5) is 0. The second kappa shape index (κ2) is 6.54. The van der Waals surface area contributed by atoms with Crippen molar-refractivity contribution < 1.29 is 13.5 Å². The summed E-state index contributed by atoms with van der Waals surface area (Å²) in [6.07, 6.45) is 0.462. The first-order valence-corrected chi connectivity index (χ1v) is 7.00. The van der Waals surface area contributed by atoms with Crippen LogP contribution >= 0.6 is 0 Å². The van der Waals surface area contributed by atoms with Crippen LogP contribution in [0.2, 0.25) is 0 Å². The van der Waals surface area contributed by atoms with Gasteiger partial charge in [0.2, 0.25) is 0 Å². The Balaban J connectivity index is 4.90. The van der Waals surface area contributed by atoms with Crippen molar-refractivity contribution in [2.45, 2.75) is 46.2 Å². The van der Waals surface area contributed by atoms with Crippen LogP contribution in [0.15, 0.2) is 0 Å². The van der Waals surface area contributed by atoms with E-state index in [1.54, 1.807) is 7.05 Å². The van der Waals surface area contributed by atoms with Crippen molar-refractivity contribution in [2.24, 2.45) is 0 Å². The Morgan fingerprint density at radius 3 is 1.94 bits per heavy atom. The molecule has 0 radical (unpaired) electrons. The zero-order valence-corrected chi connectivity index (χ0v) is 11.7. The van der Waals surface area contributed by atoms with E-state index in [0.717, 1.165) is 0 Å². The molecule has 0 amide bonds. The lowest BCUT2D eigenvalue weighted by molar-refractivity contribution is 0.248. The minimum absolute atomic E-state index is 0.00410. The molecule has 0 aromatic rings. The molecule has 16 heavy (non-hydrogen) atoms. The van der Waals surface area contributed by atoms with Gasteiger partial charge in [-0.1, -0.05) is 0 Å². The third kappa shape index (κ3) is 4.01. The van der Waals surface area contributed by atoms with Gasteiger partial charge in [-0.05, 0) is 34.1 Å². The Bertz CT molecular complexity index is 288. The molecule has 0 spiro atoms. The van der Waals surface area contributed by atoms with Crippen molar-refractivity contribution >= 4 is 10.2 Å². The maximum absolute atomic E-state index is 12.2. The molecule has 0 aliphatic rings. The molecule has 0 saturated heterocycles. The van der Waals surface area contributed by atoms with Gasteiger partial charge in [-0.3, -0.25) is 0 Å². The molecule has 0 aliphatic heterocycles. The fourth-order valence-electron chi connectivity index (χ4n) is 1.30. The fourth-order valence-corrected chi connectivity index (χ4v) is 3.05. The first-order valence-electron chi connectivity index (χ1n) is 5.60. The van der Waals surface area contributed by atoms with Gasteiger partial charge in [0.15, 0.2) is 0 Å². The first-order chi connectivity index (χ1) is 7.25. The molecule has 0 aromatic carbocycles. The summed E-state index contributed by atoms with van der Waals surface area (Å²) >= 11 is 0. The summed E-state index contributed by atoms with van der Waals surface area (Å²) in [5.41, 5.74) is 0. The Morgan fingerprint density at radius 2 is 1.62 bits per heavy atom. The number of hydrogen-bond donors (Lipinski definition) is 1. The highest BCUT2D eigenvalue weighted by Crippen LogP contribution is 2.13. The van der Waals surface area contributed by atoms with Crippen LogP contribution in [0.4, 0.5) is 0 Å². The number of nitrogens with zero attached hydrogens (tertiary/aromatic N) is 2. The van der Waals surface area contributed by atoms with Gasteiger partial charge < -0.3 is 5.11 Å². The van der Waals surface area contributed by atoms with Crippen LogP contribution in [0.1, 0.15) is 34.1 Å². The summed E-state index contributed by atoms with van der Waals surface area (Å²) in [5.74, 6) is 0. The standard InChI is InChI=1S/C10H24N2O3S/c1-9(2)11(5)16(14,15)12(10(3)4)7-6-8-13/h9-10,13H,6-8H2,1-5H3. The average Bonchev–Trinajstić information content (AvgIpc) is 2.16. The molecule has 0 aliphatic carbocycles. The summed E-state index contributed by atoms with van der Waals surface area (Å²) < 4.78 is 27.2. The van der Waals surface area contributed by atoms with Crippen molar-refractivity contribution in [3.8, 4) is 0 Å². The predicted molar refractivity (Wildman–Crippen MR) is 65.4 cm³/mol. The highest BCUT2D eigenvalue weighted by molar-refractivity contribution is 7.86. The summed E-state index contributed by atoms with van der Waals surface area (Å²) in [6.45, 7) is 7.70. The van der Waals surface area contributed by atoms with Crippen molar-refractivity contribution in [1.82, 2.24) is 8.61 Å². The van der Waals surface area contributed by atoms with E-state index in [2.05, 4.69) is 0 Å². The van der Waals surface area contributed by atoms with E-state index in [-0.39, 0.29) is 18.7 Å². The molecule has 0 aromatic heterocycles. The van der Waals surface area contributed by atoms with E-state index < -0.39 is 10.2 Å². The Hall–Kier alpha value is -0.170. The molecule has 0 fully saturated rings. The minimum atomic E-state index is -3.42. The van der Waals surface area contributed by atoms with Gasteiger partial charge in [0.1, 0.15) is 0 Å². The summed E-state index contributed by atoms with van der Waals surface area (Å²) in [6, 6.07) is -0.168. The Labute approximate surface area is 99.2 Å². The summed E-state index contributed by atoms with van der Waals surface area (Å²) in [5, 5.41) is 8.78. The molecule has 5 nitrogen and oxygen atoms in total. The van der Waals surface area contributed by atoms with E-state index in [1.165, 1.54) is 8.61 Å². The topological polar surface area (TPSA) is 60.9 Å². The molecule has 0 rings (SSSR count). The van der Waals surface area contributed by atoms with Crippen LogP contribution in [0.5, 0.6) is 0 Å².